The van der Waals surface area contributed by atoms with E-state index in [0.29, 0.717) is 25.9 Å². The predicted molar refractivity (Wildman–Crippen MR) is 63.8 cm³/mol. The van der Waals surface area contributed by atoms with Crippen LogP contribution in [0.1, 0.15) is 24.3 Å². The zero-order valence-corrected chi connectivity index (χ0v) is 10.1. The van der Waals surface area contributed by atoms with Crippen LogP contribution in [0, 0.1) is 0 Å². The van der Waals surface area contributed by atoms with Crippen LogP contribution >= 0.6 is 11.3 Å². The summed E-state index contributed by atoms with van der Waals surface area (Å²) in [4.78, 5) is 25.5. The van der Waals surface area contributed by atoms with Gasteiger partial charge in [-0.25, -0.2) is 9.78 Å². The van der Waals surface area contributed by atoms with E-state index in [-0.39, 0.29) is 12.5 Å². The predicted octanol–water partition coefficient (Wildman–Crippen LogP) is 1.20. The Morgan fingerprint density at radius 1 is 1.35 bits per heavy atom. The molecule has 3 N–H and O–H groups in total. The minimum Gasteiger partial charge on any atom is -0.481 e. The molecule has 6 nitrogen and oxygen atoms in total. The molecule has 0 aliphatic carbocycles. The Morgan fingerprint density at radius 3 is 2.82 bits per heavy atom. The second kappa shape index (κ2) is 7.61. The molecule has 94 valence electrons. The van der Waals surface area contributed by atoms with E-state index in [4.69, 9.17) is 5.11 Å². The average Bonchev–Trinajstić information content (AvgIpc) is 2.78. The summed E-state index contributed by atoms with van der Waals surface area (Å²) < 4.78 is 0. The van der Waals surface area contributed by atoms with Crippen LogP contribution < -0.4 is 10.6 Å². The number of carboxylic acid groups (broad SMARTS) is 1. The lowest BCUT2D eigenvalue weighted by Crippen LogP contribution is -2.35. The van der Waals surface area contributed by atoms with Crippen molar-refractivity contribution in [2.75, 3.05) is 6.54 Å². The number of hydrogen-bond acceptors (Lipinski definition) is 4. The molecule has 1 rings (SSSR count). The van der Waals surface area contributed by atoms with Crippen molar-refractivity contribution in [3.05, 3.63) is 16.6 Å². The van der Waals surface area contributed by atoms with Gasteiger partial charge in [-0.2, -0.15) is 0 Å². The van der Waals surface area contributed by atoms with Crippen molar-refractivity contribution >= 4 is 23.3 Å². The highest BCUT2D eigenvalue weighted by Crippen LogP contribution is 2.02. The van der Waals surface area contributed by atoms with Crippen molar-refractivity contribution in [3.63, 3.8) is 0 Å². The number of urea groups is 1. The lowest BCUT2D eigenvalue weighted by molar-refractivity contribution is -0.137. The van der Waals surface area contributed by atoms with Crippen molar-refractivity contribution < 1.29 is 14.7 Å². The molecule has 0 atom stereocenters. The highest BCUT2D eigenvalue weighted by Gasteiger charge is 2.01. The largest absolute Gasteiger partial charge is 0.481 e. The monoisotopic (exact) mass is 257 g/mol. The van der Waals surface area contributed by atoms with E-state index in [2.05, 4.69) is 15.6 Å². The summed E-state index contributed by atoms with van der Waals surface area (Å²) in [6.45, 7) is 0.898. The van der Waals surface area contributed by atoms with Crippen LogP contribution in [0.2, 0.25) is 0 Å². The van der Waals surface area contributed by atoms with Gasteiger partial charge in [0.25, 0.3) is 0 Å². The lowest BCUT2D eigenvalue weighted by atomic mass is 10.2. The van der Waals surface area contributed by atoms with Crippen molar-refractivity contribution in [3.8, 4) is 0 Å². The van der Waals surface area contributed by atoms with Crippen LogP contribution in [0.4, 0.5) is 4.79 Å². The third-order valence-corrected chi connectivity index (χ3v) is 2.77. The molecule has 0 aliphatic heterocycles. The fraction of sp³-hybridized carbons (Fsp3) is 0.500. The molecule has 17 heavy (non-hydrogen) atoms. The molecule has 0 saturated heterocycles. The third-order valence-electron chi connectivity index (χ3n) is 1.99. The molecule has 1 aromatic heterocycles. The number of nitrogens with one attached hydrogen (secondary N) is 2. The van der Waals surface area contributed by atoms with E-state index >= 15 is 0 Å². The first-order valence-corrected chi connectivity index (χ1v) is 6.18. The molecule has 0 aromatic carbocycles. The smallest absolute Gasteiger partial charge is 0.315 e. The Kier molecular flexibility index (Phi) is 6.02. The number of thiazole rings is 1. The van der Waals surface area contributed by atoms with Gasteiger partial charge in [-0.05, 0) is 12.8 Å². The van der Waals surface area contributed by atoms with Gasteiger partial charge in [0.2, 0.25) is 0 Å². The Balaban J connectivity index is 2.00. The zero-order valence-electron chi connectivity index (χ0n) is 9.31. The summed E-state index contributed by atoms with van der Waals surface area (Å²) in [5.41, 5.74) is 0. The van der Waals surface area contributed by atoms with E-state index in [0.717, 1.165) is 5.01 Å². The van der Waals surface area contributed by atoms with Gasteiger partial charge in [0.1, 0.15) is 5.01 Å². The second-order valence-electron chi connectivity index (χ2n) is 3.39. The summed E-state index contributed by atoms with van der Waals surface area (Å²) in [6, 6.07) is -0.254. The fourth-order valence-corrected chi connectivity index (χ4v) is 1.72. The first-order valence-electron chi connectivity index (χ1n) is 5.30. The molecule has 0 unspecified atom stereocenters. The van der Waals surface area contributed by atoms with E-state index in [9.17, 15) is 9.59 Å². The number of unbranched alkanes of at least 4 members (excludes halogenated alkanes) is 1. The Morgan fingerprint density at radius 2 is 2.18 bits per heavy atom. The van der Waals surface area contributed by atoms with Gasteiger partial charge in [-0.1, -0.05) is 0 Å². The number of hydrogen-bond donors (Lipinski definition) is 3. The zero-order chi connectivity index (χ0) is 12.5. The third kappa shape index (κ3) is 6.52. The van der Waals surface area contributed by atoms with Crippen molar-refractivity contribution in [1.29, 1.82) is 0 Å². The van der Waals surface area contributed by atoms with E-state index in [1.807, 2.05) is 5.38 Å². The first-order chi connectivity index (χ1) is 8.18. The minimum atomic E-state index is -0.807. The Hall–Kier alpha value is -1.63. The standard InChI is InChI=1S/C10H15N3O3S/c14-9(15)3-1-2-4-12-10(16)13-7-8-11-5-6-17-8/h5-6H,1-4,7H2,(H,14,15)(H2,12,13,16). The van der Waals surface area contributed by atoms with Gasteiger partial charge >= 0.3 is 12.0 Å². The summed E-state index contributed by atoms with van der Waals surface area (Å²) in [7, 11) is 0. The summed E-state index contributed by atoms with van der Waals surface area (Å²) in [6.07, 6.45) is 3.06. The Labute approximate surface area is 103 Å². The minimum absolute atomic E-state index is 0.141. The SMILES string of the molecule is O=C(O)CCCCNC(=O)NCc1nccs1. The highest BCUT2D eigenvalue weighted by atomic mass is 32.1. The fourth-order valence-electron chi connectivity index (χ4n) is 1.16. The average molecular weight is 257 g/mol. The van der Waals surface area contributed by atoms with Gasteiger partial charge in [-0.3, -0.25) is 4.79 Å². The van der Waals surface area contributed by atoms with E-state index in [1.54, 1.807) is 6.20 Å². The summed E-state index contributed by atoms with van der Waals surface area (Å²) in [5, 5.41) is 16.4. The van der Waals surface area contributed by atoms with Crippen molar-refractivity contribution in [1.82, 2.24) is 15.6 Å². The molecule has 0 bridgehead atoms. The molecule has 1 aromatic rings. The van der Waals surface area contributed by atoms with E-state index < -0.39 is 5.97 Å². The maximum atomic E-state index is 11.3. The van der Waals surface area contributed by atoms with Crippen molar-refractivity contribution in [2.24, 2.45) is 0 Å². The molecule has 0 spiro atoms. The highest BCUT2D eigenvalue weighted by molar-refractivity contribution is 7.09. The molecule has 0 saturated carbocycles. The number of carbonyl (C=O) groups excluding carboxylic acids is 1. The molecule has 2 amide bonds. The molecule has 0 fully saturated rings. The van der Waals surface area contributed by atoms with Crippen LogP contribution in [0.3, 0.4) is 0 Å². The topological polar surface area (TPSA) is 91.3 Å². The maximum Gasteiger partial charge on any atom is 0.315 e. The number of aromatic nitrogens is 1. The molecule has 7 heteroatoms. The van der Waals surface area contributed by atoms with Gasteiger partial charge in [0.05, 0.1) is 6.54 Å². The molecule has 1 heterocycles. The maximum absolute atomic E-state index is 11.3. The number of rotatable bonds is 7. The number of carbonyl (C=O) groups is 2. The summed E-state index contributed by atoms with van der Waals surface area (Å²) >= 11 is 1.48. The quantitative estimate of drug-likeness (QED) is 0.640. The molecular formula is C10H15N3O3S. The van der Waals surface area contributed by atoms with Gasteiger partial charge in [0.15, 0.2) is 0 Å². The van der Waals surface area contributed by atoms with E-state index in [1.165, 1.54) is 11.3 Å². The van der Waals surface area contributed by atoms with Crippen LogP contribution in [0.15, 0.2) is 11.6 Å². The Bertz CT molecular complexity index is 354. The van der Waals surface area contributed by atoms with Crippen molar-refractivity contribution in [2.45, 2.75) is 25.8 Å². The van der Waals surface area contributed by atoms with Crippen LogP contribution in [-0.4, -0.2) is 28.6 Å². The van der Waals surface area contributed by atoms with Crippen LogP contribution in [0.5, 0.6) is 0 Å². The van der Waals surface area contributed by atoms with Gasteiger partial charge < -0.3 is 15.7 Å². The lowest BCUT2D eigenvalue weighted by Gasteiger charge is -2.05. The van der Waals surface area contributed by atoms with Crippen LogP contribution in [0.25, 0.3) is 0 Å². The number of amides is 2. The first kappa shape index (κ1) is 13.4. The molecule has 0 aliphatic rings. The number of nitrogens with zero attached hydrogens (tertiary/aromatic N) is 1. The van der Waals surface area contributed by atoms with Gasteiger partial charge in [-0.15, -0.1) is 11.3 Å². The second-order valence-corrected chi connectivity index (χ2v) is 4.37. The molecular weight excluding hydrogens is 242 g/mol. The van der Waals surface area contributed by atoms with Crippen LogP contribution in [-0.2, 0) is 11.3 Å². The molecule has 0 radical (unpaired) electrons. The number of carboxylic acids is 1. The van der Waals surface area contributed by atoms with Gasteiger partial charge in [0, 0.05) is 24.5 Å². The normalized spacial score (nSPS) is 9.88. The number of aliphatic carboxylic acids is 1. The summed E-state index contributed by atoms with van der Waals surface area (Å²) in [5.74, 6) is -0.807.